The molecule has 5 nitrogen and oxygen atoms in total. The van der Waals surface area contributed by atoms with E-state index >= 15 is 0 Å². The Balaban J connectivity index is 1.51. The van der Waals surface area contributed by atoms with Gasteiger partial charge < -0.3 is 0 Å². The van der Waals surface area contributed by atoms with E-state index in [9.17, 15) is 27.6 Å². The highest BCUT2D eigenvalue weighted by atomic mass is 32.2. The van der Waals surface area contributed by atoms with Crippen molar-refractivity contribution >= 4 is 40.9 Å². The number of fused-ring (bicyclic) bond motifs is 3. The summed E-state index contributed by atoms with van der Waals surface area (Å²) in [4.78, 5) is 44.8. The van der Waals surface area contributed by atoms with Gasteiger partial charge in [-0.05, 0) is 48.0 Å². The summed E-state index contributed by atoms with van der Waals surface area (Å²) in [5.74, 6) is -1.91. The van der Waals surface area contributed by atoms with E-state index in [4.69, 9.17) is 0 Å². The summed E-state index contributed by atoms with van der Waals surface area (Å²) in [6, 6.07) is 24.0. The van der Waals surface area contributed by atoms with Crippen molar-refractivity contribution in [3.8, 4) is 0 Å². The second kappa shape index (κ2) is 9.43. The predicted octanol–water partition coefficient (Wildman–Crippen LogP) is 6.74. The number of rotatable bonds is 4. The quantitative estimate of drug-likeness (QED) is 0.267. The molecule has 0 aliphatic carbocycles. The normalized spacial score (nSPS) is 15.1. The minimum atomic E-state index is -4.63. The SMILES string of the molecule is O=C([C@@H](Cc1ccccc1)N1C(=O)c2ccccc2C1=O)N1c2ccccc2Sc2ccc(C(F)(F)F)cc21. The highest BCUT2D eigenvalue weighted by Gasteiger charge is 2.45. The Morgan fingerprint density at radius 2 is 1.33 bits per heavy atom. The van der Waals surface area contributed by atoms with Crippen LogP contribution in [0.3, 0.4) is 0 Å². The Hall–Kier alpha value is -4.37. The Morgan fingerprint density at radius 1 is 0.744 bits per heavy atom. The summed E-state index contributed by atoms with van der Waals surface area (Å²) >= 11 is 1.25. The number of anilines is 2. The molecule has 2 aliphatic heterocycles. The maximum atomic E-state index is 14.5. The Kier molecular flexibility index (Phi) is 6.03. The molecule has 4 aromatic rings. The first kappa shape index (κ1) is 24.9. The van der Waals surface area contributed by atoms with Crippen molar-refractivity contribution in [2.24, 2.45) is 0 Å². The Morgan fingerprint density at radius 3 is 2.00 bits per heavy atom. The zero-order valence-corrected chi connectivity index (χ0v) is 21.0. The van der Waals surface area contributed by atoms with Gasteiger partial charge in [0.05, 0.1) is 28.1 Å². The van der Waals surface area contributed by atoms with Gasteiger partial charge in [-0.25, -0.2) is 0 Å². The molecule has 2 aliphatic rings. The summed E-state index contributed by atoms with van der Waals surface area (Å²) in [7, 11) is 0. The highest BCUT2D eigenvalue weighted by Crippen LogP contribution is 2.50. The molecular weight excluding hydrogens is 525 g/mol. The first-order valence-corrected chi connectivity index (χ1v) is 12.9. The van der Waals surface area contributed by atoms with Crippen LogP contribution in [0.1, 0.15) is 31.8 Å². The number of alkyl halides is 3. The van der Waals surface area contributed by atoms with Crippen molar-refractivity contribution in [1.29, 1.82) is 0 Å². The lowest BCUT2D eigenvalue weighted by atomic mass is 10.0. The molecular formula is C30H19F3N2O3S. The molecule has 3 amide bonds. The predicted molar refractivity (Wildman–Crippen MR) is 140 cm³/mol. The Bertz CT molecular complexity index is 1600. The fraction of sp³-hybridized carbons (Fsp3) is 0.100. The molecule has 0 spiro atoms. The fourth-order valence-corrected chi connectivity index (χ4v) is 5.97. The third-order valence-electron chi connectivity index (χ3n) is 6.77. The number of carbonyl (C=O) groups excluding carboxylic acids is 3. The molecule has 0 unspecified atom stereocenters. The number of nitrogens with zero attached hydrogens (tertiary/aromatic N) is 2. The smallest absolute Gasteiger partial charge is 0.277 e. The van der Waals surface area contributed by atoms with Crippen molar-refractivity contribution in [3.05, 3.63) is 119 Å². The minimum Gasteiger partial charge on any atom is -0.277 e. The van der Waals surface area contributed by atoms with E-state index in [1.165, 1.54) is 34.9 Å². The maximum Gasteiger partial charge on any atom is 0.416 e. The molecule has 2 heterocycles. The van der Waals surface area contributed by atoms with Gasteiger partial charge in [-0.15, -0.1) is 0 Å². The van der Waals surface area contributed by atoms with Crippen LogP contribution in [0.4, 0.5) is 24.5 Å². The van der Waals surface area contributed by atoms with Crippen molar-refractivity contribution < 1.29 is 27.6 Å². The van der Waals surface area contributed by atoms with Crippen LogP contribution in [0, 0.1) is 0 Å². The monoisotopic (exact) mass is 544 g/mol. The van der Waals surface area contributed by atoms with Crippen molar-refractivity contribution in [1.82, 2.24) is 4.90 Å². The van der Waals surface area contributed by atoms with Crippen LogP contribution in [0.25, 0.3) is 0 Å². The van der Waals surface area contributed by atoms with Crippen molar-refractivity contribution in [2.75, 3.05) is 4.90 Å². The minimum absolute atomic E-state index is 0.00868. The van der Waals surface area contributed by atoms with E-state index in [1.807, 2.05) is 0 Å². The van der Waals surface area contributed by atoms with Gasteiger partial charge in [0.25, 0.3) is 17.7 Å². The van der Waals surface area contributed by atoms with Crippen molar-refractivity contribution in [2.45, 2.75) is 28.4 Å². The highest BCUT2D eigenvalue weighted by molar-refractivity contribution is 7.99. The average Bonchev–Trinajstić information content (AvgIpc) is 3.19. The molecule has 194 valence electrons. The van der Waals surface area contributed by atoms with Gasteiger partial charge >= 0.3 is 6.18 Å². The summed E-state index contributed by atoms with van der Waals surface area (Å²) in [6.45, 7) is 0. The van der Waals surface area contributed by atoms with E-state index in [2.05, 4.69) is 0 Å². The van der Waals surface area contributed by atoms with Crippen LogP contribution in [0.2, 0.25) is 0 Å². The molecule has 1 atom stereocenters. The second-order valence-corrected chi connectivity index (χ2v) is 10.2. The van der Waals surface area contributed by atoms with Gasteiger partial charge in [0.2, 0.25) is 0 Å². The van der Waals surface area contributed by atoms with Gasteiger partial charge in [0.15, 0.2) is 0 Å². The number of imide groups is 1. The lowest BCUT2D eigenvalue weighted by molar-refractivity contribution is -0.137. The maximum absolute atomic E-state index is 14.5. The molecule has 4 aromatic carbocycles. The fourth-order valence-electron chi connectivity index (χ4n) is 4.93. The molecule has 0 saturated carbocycles. The van der Waals surface area contributed by atoms with E-state index < -0.39 is 35.5 Å². The summed E-state index contributed by atoms with van der Waals surface area (Å²) in [5, 5.41) is 0. The molecule has 9 heteroatoms. The van der Waals surface area contributed by atoms with E-state index in [-0.39, 0.29) is 23.2 Å². The first-order valence-electron chi connectivity index (χ1n) is 12.1. The summed E-state index contributed by atoms with van der Waals surface area (Å²) < 4.78 is 41.2. The lowest BCUT2D eigenvalue weighted by Crippen LogP contribution is -2.51. The first-order chi connectivity index (χ1) is 18.7. The van der Waals surface area contributed by atoms with Crippen LogP contribution >= 0.6 is 11.8 Å². The standard InChI is InChI=1S/C30H19F3N2O3S/c31-30(32,33)19-14-15-26-23(17-19)34(22-12-6-7-13-25(22)39-26)29(38)24(16-18-8-2-1-3-9-18)35-27(36)20-10-4-5-11-21(20)28(35)37/h1-15,17,24H,16H2/t24-/m1/s1. The third-order valence-corrected chi connectivity index (χ3v) is 7.90. The van der Waals surface area contributed by atoms with Gasteiger partial charge in [-0.3, -0.25) is 24.2 Å². The van der Waals surface area contributed by atoms with E-state index in [0.717, 1.165) is 17.0 Å². The molecule has 39 heavy (non-hydrogen) atoms. The third kappa shape index (κ3) is 4.28. The molecule has 0 fully saturated rings. The number of hydrogen-bond donors (Lipinski definition) is 0. The van der Waals surface area contributed by atoms with Gasteiger partial charge in [0.1, 0.15) is 6.04 Å². The topological polar surface area (TPSA) is 57.7 Å². The molecule has 6 rings (SSSR count). The van der Waals surface area contributed by atoms with Crippen molar-refractivity contribution in [3.63, 3.8) is 0 Å². The van der Waals surface area contributed by atoms with Crippen LogP contribution in [0.15, 0.2) is 107 Å². The second-order valence-electron chi connectivity index (χ2n) is 9.16. The summed E-state index contributed by atoms with van der Waals surface area (Å²) in [6.07, 6.45) is -4.64. The number of benzene rings is 4. The zero-order valence-electron chi connectivity index (χ0n) is 20.2. The number of halogens is 3. The number of para-hydroxylation sites is 1. The van der Waals surface area contributed by atoms with Gasteiger partial charge in [-0.2, -0.15) is 13.2 Å². The molecule has 0 aromatic heterocycles. The van der Waals surface area contributed by atoms with Crippen LogP contribution < -0.4 is 4.90 Å². The van der Waals surface area contributed by atoms with E-state index in [1.54, 1.807) is 66.7 Å². The van der Waals surface area contributed by atoms with Gasteiger partial charge in [-0.1, -0.05) is 66.4 Å². The van der Waals surface area contributed by atoms with Gasteiger partial charge in [0, 0.05) is 16.2 Å². The number of carbonyl (C=O) groups is 3. The summed E-state index contributed by atoms with van der Waals surface area (Å²) in [5.41, 5.74) is 0.586. The molecule has 0 saturated heterocycles. The Labute approximate surface area is 225 Å². The van der Waals surface area contributed by atoms with Crippen LogP contribution in [0.5, 0.6) is 0 Å². The molecule has 0 N–H and O–H groups in total. The zero-order chi connectivity index (χ0) is 27.3. The lowest BCUT2D eigenvalue weighted by Gasteiger charge is -2.36. The van der Waals surface area contributed by atoms with E-state index in [0.29, 0.717) is 21.0 Å². The van der Waals surface area contributed by atoms with Crippen LogP contribution in [-0.2, 0) is 17.4 Å². The number of amides is 3. The molecule has 0 bridgehead atoms. The number of hydrogen-bond acceptors (Lipinski definition) is 4. The molecule has 0 radical (unpaired) electrons. The largest absolute Gasteiger partial charge is 0.416 e. The van der Waals surface area contributed by atoms with Crippen LogP contribution in [-0.4, -0.2) is 28.7 Å². The average molecular weight is 545 g/mol.